The Morgan fingerprint density at radius 3 is 2.29 bits per heavy atom. The van der Waals surface area contributed by atoms with E-state index in [2.05, 4.69) is 5.73 Å². The van der Waals surface area contributed by atoms with Crippen molar-refractivity contribution in [3.05, 3.63) is 35.9 Å². The van der Waals surface area contributed by atoms with Gasteiger partial charge in [0, 0.05) is 30.9 Å². The molecule has 2 bridgehead atoms. The minimum absolute atomic E-state index is 0.0143. The van der Waals surface area contributed by atoms with Crippen LogP contribution in [0, 0.1) is 11.8 Å². The van der Waals surface area contributed by atoms with Crippen LogP contribution in [0.3, 0.4) is 0 Å². The fourth-order valence-electron chi connectivity index (χ4n) is 4.33. The number of nitrogens with two attached hydrogens (primary N) is 1. The topological polar surface area (TPSA) is 151 Å². The zero-order valence-corrected chi connectivity index (χ0v) is 18.1. The number of benzene rings is 1. The van der Waals surface area contributed by atoms with E-state index in [0.29, 0.717) is 24.8 Å². The number of rotatable bonds is 9. The fourth-order valence-corrected chi connectivity index (χ4v) is 4.33. The van der Waals surface area contributed by atoms with Gasteiger partial charge < -0.3 is 31.4 Å². The summed E-state index contributed by atoms with van der Waals surface area (Å²) in [7, 11) is 0. The van der Waals surface area contributed by atoms with Crippen molar-refractivity contribution < 1.29 is 30.3 Å². The van der Waals surface area contributed by atoms with E-state index in [9.17, 15) is 19.5 Å². The molecule has 0 aromatic heterocycles. The van der Waals surface area contributed by atoms with Gasteiger partial charge in [0.2, 0.25) is 5.91 Å². The number of amides is 1. The standard InChI is InChI=1S/C18H23NO3.C5H12N2O2/c20-17(19-12-14-6-8-16(19)9-7-14)11-15(18(21)22)10-13-4-2-1-3-5-13;6-3-1-2-4(7)5(8)9/h1-5,14-16H,6-12H2,(H,21,22);4H,1-3,6-7H2,(H,8,9)/t14?,15-,16?;/m0./s1. The van der Waals surface area contributed by atoms with Crippen LogP contribution in [0.5, 0.6) is 0 Å². The van der Waals surface area contributed by atoms with Crippen molar-refractivity contribution in [2.45, 2.75) is 63.5 Å². The zero-order valence-electron chi connectivity index (χ0n) is 18.1. The molecule has 0 spiro atoms. The van der Waals surface area contributed by atoms with E-state index in [0.717, 1.165) is 37.9 Å². The van der Waals surface area contributed by atoms with Gasteiger partial charge in [0.1, 0.15) is 6.04 Å². The van der Waals surface area contributed by atoms with Gasteiger partial charge in [-0.3, -0.25) is 9.59 Å². The highest BCUT2D eigenvalue weighted by atomic mass is 16.4. The highest BCUT2D eigenvalue weighted by Crippen LogP contribution is 2.35. The van der Waals surface area contributed by atoms with Crippen LogP contribution in [0.15, 0.2) is 30.3 Å². The van der Waals surface area contributed by atoms with Crippen molar-refractivity contribution in [1.82, 2.24) is 4.90 Å². The van der Waals surface area contributed by atoms with Crippen LogP contribution in [-0.4, -0.2) is 53.0 Å². The van der Waals surface area contributed by atoms with Gasteiger partial charge in [0.15, 0.2) is 0 Å². The van der Waals surface area contributed by atoms with Gasteiger partial charge in [-0.1, -0.05) is 30.3 Å². The monoisotopic (exact) mass is 433 g/mol. The third kappa shape index (κ3) is 7.95. The molecular formula is C23H35N3O5. The van der Waals surface area contributed by atoms with Gasteiger partial charge in [-0.15, -0.1) is 0 Å². The Bertz CT molecular complexity index is 719. The number of fused-ring (bicyclic) bond motifs is 3. The predicted octanol–water partition coefficient (Wildman–Crippen LogP) is -0.193. The van der Waals surface area contributed by atoms with Gasteiger partial charge >= 0.3 is 5.97 Å². The van der Waals surface area contributed by atoms with Crippen molar-refractivity contribution in [2.75, 3.05) is 13.1 Å². The molecule has 172 valence electrons. The van der Waals surface area contributed by atoms with Crippen LogP contribution >= 0.6 is 0 Å². The summed E-state index contributed by atoms with van der Waals surface area (Å²) >= 11 is 0. The van der Waals surface area contributed by atoms with E-state index >= 15 is 0 Å². The SMILES string of the molecule is NC(CCC[NH3+])C(=O)O.O=C([O-])[C@H](CC(=O)N1CC2CCC1CC2)Cc1ccccc1. The molecule has 2 atom stereocenters. The summed E-state index contributed by atoms with van der Waals surface area (Å²) in [5.41, 5.74) is 9.68. The van der Waals surface area contributed by atoms with Crippen molar-refractivity contribution in [3.63, 3.8) is 0 Å². The van der Waals surface area contributed by atoms with Crippen molar-refractivity contribution in [3.8, 4) is 0 Å². The molecule has 8 nitrogen and oxygen atoms in total. The molecule has 2 heterocycles. The highest BCUT2D eigenvalue weighted by molar-refractivity contribution is 5.82. The Kier molecular flexibility index (Phi) is 9.94. The summed E-state index contributed by atoms with van der Waals surface area (Å²) in [4.78, 5) is 35.9. The van der Waals surface area contributed by atoms with Crippen molar-refractivity contribution >= 4 is 17.8 Å². The number of carboxylic acids is 2. The normalized spacial score (nSPS) is 21.5. The summed E-state index contributed by atoms with van der Waals surface area (Å²) in [6.07, 6.45) is 6.30. The van der Waals surface area contributed by atoms with E-state index in [1.54, 1.807) is 0 Å². The fraction of sp³-hybridized carbons (Fsp3) is 0.609. The maximum absolute atomic E-state index is 12.5. The maximum atomic E-state index is 12.5. The Labute approximate surface area is 183 Å². The number of nitrogens with zero attached hydrogens (tertiary/aromatic N) is 1. The van der Waals surface area contributed by atoms with Gasteiger partial charge in [-0.25, -0.2) is 0 Å². The molecule has 1 aromatic carbocycles. The van der Waals surface area contributed by atoms with E-state index in [4.69, 9.17) is 10.8 Å². The van der Waals surface area contributed by atoms with Crippen molar-refractivity contribution in [2.24, 2.45) is 17.6 Å². The molecule has 4 rings (SSSR count). The Morgan fingerprint density at radius 2 is 1.81 bits per heavy atom. The van der Waals surface area contributed by atoms with Gasteiger partial charge in [-0.05, 0) is 56.4 Å². The number of quaternary nitrogens is 1. The third-order valence-electron chi connectivity index (χ3n) is 6.19. The molecule has 2 saturated heterocycles. The molecule has 1 amide bonds. The van der Waals surface area contributed by atoms with Gasteiger partial charge in [0.05, 0.1) is 6.54 Å². The largest absolute Gasteiger partial charge is 0.550 e. The second-order valence-electron chi connectivity index (χ2n) is 8.57. The molecule has 8 heteroatoms. The van der Waals surface area contributed by atoms with E-state index in [1.165, 1.54) is 12.8 Å². The summed E-state index contributed by atoms with van der Waals surface area (Å²) in [6, 6.07) is 9.07. The number of carboxylic acid groups (broad SMARTS) is 2. The second kappa shape index (κ2) is 12.4. The lowest BCUT2D eigenvalue weighted by atomic mass is 9.79. The van der Waals surface area contributed by atoms with E-state index in [-0.39, 0.29) is 12.3 Å². The first-order valence-electron chi connectivity index (χ1n) is 11.1. The van der Waals surface area contributed by atoms with Crippen LogP contribution in [0.25, 0.3) is 0 Å². The Hall–Kier alpha value is -2.45. The lowest BCUT2D eigenvalue weighted by Crippen LogP contribution is -2.51. The van der Waals surface area contributed by atoms with Gasteiger partial charge in [-0.2, -0.15) is 0 Å². The molecule has 1 saturated carbocycles. The smallest absolute Gasteiger partial charge is 0.320 e. The molecule has 1 aliphatic carbocycles. The average molecular weight is 434 g/mol. The Balaban J connectivity index is 0.000000323. The third-order valence-corrected chi connectivity index (χ3v) is 6.19. The highest BCUT2D eigenvalue weighted by Gasteiger charge is 2.36. The van der Waals surface area contributed by atoms with Gasteiger partial charge in [0.25, 0.3) is 0 Å². The number of piperidine rings is 2. The molecule has 6 N–H and O–H groups in total. The molecule has 31 heavy (non-hydrogen) atoms. The number of hydrogen-bond acceptors (Lipinski definition) is 5. The number of carbonyl (C=O) groups is 3. The first-order valence-corrected chi connectivity index (χ1v) is 11.1. The average Bonchev–Trinajstić information content (AvgIpc) is 2.78. The molecule has 2 aliphatic heterocycles. The predicted molar refractivity (Wildman–Crippen MR) is 113 cm³/mol. The quantitative estimate of drug-likeness (QED) is 0.491. The number of aliphatic carboxylic acids is 2. The van der Waals surface area contributed by atoms with Crippen LogP contribution in [0.4, 0.5) is 0 Å². The summed E-state index contributed by atoms with van der Waals surface area (Å²) in [5, 5.41) is 19.7. The number of hydrogen-bond donors (Lipinski definition) is 3. The molecular weight excluding hydrogens is 398 g/mol. The first-order chi connectivity index (χ1) is 14.8. The second-order valence-corrected chi connectivity index (χ2v) is 8.57. The lowest BCUT2D eigenvalue weighted by molar-refractivity contribution is -0.368. The van der Waals surface area contributed by atoms with Crippen LogP contribution in [0.1, 0.15) is 50.5 Å². The minimum Gasteiger partial charge on any atom is -0.550 e. The molecule has 3 aliphatic rings. The summed E-state index contributed by atoms with van der Waals surface area (Å²) in [5.74, 6) is -2.19. The summed E-state index contributed by atoms with van der Waals surface area (Å²) in [6.45, 7) is 1.57. The maximum Gasteiger partial charge on any atom is 0.320 e. The summed E-state index contributed by atoms with van der Waals surface area (Å²) < 4.78 is 0. The van der Waals surface area contributed by atoms with E-state index < -0.39 is 23.9 Å². The van der Waals surface area contributed by atoms with Crippen LogP contribution < -0.4 is 16.6 Å². The van der Waals surface area contributed by atoms with Crippen LogP contribution in [0.2, 0.25) is 0 Å². The first kappa shape index (κ1) is 24.8. The Morgan fingerprint density at radius 1 is 1.16 bits per heavy atom. The van der Waals surface area contributed by atoms with E-state index in [1.807, 2.05) is 35.2 Å². The number of carbonyl (C=O) groups excluding carboxylic acids is 2. The minimum atomic E-state index is -1.13. The zero-order chi connectivity index (χ0) is 22.8. The molecule has 0 radical (unpaired) electrons. The lowest BCUT2D eigenvalue weighted by Gasteiger charge is -2.45. The molecule has 1 aromatic rings. The molecule has 1 unspecified atom stereocenters. The van der Waals surface area contributed by atoms with Crippen LogP contribution in [-0.2, 0) is 20.8 Å². The van der Waals surface area contributed by atoms with Crippen molar-refractivity contribution in [1.29, 1.82) is 0 Å². The molecule has 3 fully saturated rings.